The molecule has 0 spiro atoms. The van der Waals surface area contributed by atoms with Crippen molar-refractivity contribution in [3.05, 3.63) is 45.1 Å². The smallest absolute Gasteiger partial charge is 0.234 e. The maximum Gasteiger partial charge on any atom is 0.234 e. The Bertz CT molecular complexity index is 980. The summed E-state index contributed by atoms with van der Waals surface area (Å²) in [5, 5.41) is 15.0. The maximum absolute atomic E-state index is 12.4. The predicted octanol–water partition coefficient (Wildman–Crippen LogP) is 5.84. The molecule has 0 radical (unpaired) electrons. The molecule has 0 bridgehead atoms. The molecule has 28 heavy (non-hydrogen) atoms. The standard InChI is InChI=1S/C20H23ClN4OS2/c1-5-25-19(14-8-17(12(2)3)27-10-14)23-24-20(25)28-11-18(26)22-16-9-15(21)7-6-13(16)4/h6-10,12H,5,11H2,1-4H3,(H,22,26). The van der Waals surface area contributed by atoms with Crippen molar-refractivity contribution in [1.82, 2.24) is 14.8 Å². The minimum Gasteiger partial charge on any atom is -0.325 e. The van der Waals surface area contributed by atoms with Gasteiger partial charge in [-0.15, -0.1) is 21.5 Å². The van der Waals surface area contributed by atoms with Crippen molar-refractivity contribution in [3.63, 3.8) is 0 Å². The Morgan fingerprint density at radius 3 is 2.79 bits per heavy atom. The topological polar surface area (TPSA) is 59.8 Å². The molecule has 3 rings (SSSR count). The van der Waals surface area contributed by atoms with E-state index in [2.05, 4.69) is 52.3 Å². The van der Waals surface area contributed by atoms with Gasteiger partial charge in [-0.1, -0.05) is 43.3 Å². The highest BCUT2D eigenvalue weighted by Gasteiger charge is 2.16. The number of hydrogen-bond acceptors (Lipinski definition) is 5. The van der Waals surface area contributed by atoms with Crippen LogP contribution >= 0.6 is 34.7 Å². The summed E-state index contributed by atoms with van der Waals surface area (Å²) >= 11 is 9.14. The summed E-state index contributed by atoms with van der Waals surface area (Å²) in [7, 11) is 0. The number of thioether (sulfide) groups is 1. The maximum atomic E-state index is 12.4. The average molecular weight is 435 g/mol. The zero-order valence-electron chi connectivity index (χ0n) is 16.3. The number of nitrogens with zero attached hydrogens (tertiary/aromatic N) is 3. The largest absolute Gasteiger partial charge is 0.325 e. The van der Waals surface area contributed by atoms with Crippen LogP contribution in [0, 0.1) is 6.92 Å². The Morgan fingerprint density at radius 2 is 2.11 bits per heavy atom. The SMILES string of the molecule is CCn1c(SCC(=O)Nc2cc(Cl)ccc2C)nnc1-c1csc(C(C)C)c1. The second-order valence-corrected chi connectivity index (χ2v) is 9.06. The van der Waals surface area contributed by atoms with E-state index in [-0.39, 0.29) is 11.7 Å². The summed E-state index contributed by atoms with van der Waals surface area (Å²) in [5.41, 5.74) is 2.78. The summed E-state index contributed by atoms with van der Waals surface area (Å²) in [4.78, 5) is 13.7. The molecule has 0 saturated carbocycles. The van der Waals surface area contributed by atoms with Crippen LogP contribution in [-0.4, -0.2) is 26.4 Å². The lowest BCUT2D eigenvalue weighted by atomic mass is 10.1. The van der Waals surface area contributed by atoms with E-state index in [1.165, 1.54) is 16.6 Å². The first-order valence-electron chi connectivity index (χ1n) is 9.09. The van der Waals surface area contributed by atoms with Crippen LogP contribution in [0.3, 0.4) is 0 Å². The molecular weight excluding hydrogens is 412 g/mol. The Morgan fingerprint density at radius 1 is 1.32 bits per heavy atom. The number of hydrogen-bond donors (Lipinski definition) is 1. The number of nitrogens with one attached hydrogen (secondary N) is 1. The van der Waals surface area contributed by atoms with Gasteiger partial charge >= 0.3 is 0 Å². The number of aryl methyl sites for hydroxylation is 1. The highest BCUT2D eigenvalue weighted by molar-refractivity contribution is 7.99. The lowest BCUT2D eigenvalue weighted by molar-refractivity contribution is -0.113. The van der Waals surface area contributed by atoms with Crippen molar-refractivity contribution in [2.75, 3.05) is 11.1 Å². The van der Waals surface area contributed by atoms with Crippen LogP contribution in [0.1, 0.15) is 37.1 Å². The number of aromatic nitrogens is 3. The molecule has 0 aliphatic heterocycles. The van der Waals surface area contributed by atoms with Crippen LogP contribution in [0.5, 0.6) is 0 Å². The summed E-state index contributed by atoms with van der Waals surface area (Å²) in [6.07, 6.45) is 0. The Labute approximate surface area is 178 Å². The molecule has 3 aromatic rings. The highest BCUT2D eigenvalue weighted by atomic mass is 35.5. The normalized spacial score (nSPS) is 11.2. The zero-order chi connectivity index (χ0) is 20.3. The van der Waals surface area contributed by atoms with Crippen molar-refractivity contribution in [1.29, 1.82) is 0 Å². The quantitative estimate of drug-likeness (QED) is 0.474. The van der Waals surface area contributed by atoms with Gasteiger partial charge in [-0.25, -0.2) is 0 Å². The zero-order valence-corrected chi connectivity index (χ0v) is 18.7. The van der Waals surface area contributed by atoms with Gasteiger partial charge in [0.1, 0.15) is 0 Å². The molecular formula is C20H23ClN4OS2. The number of thiophene rings is 1. The fourth-order valence-corrected chi connectivity index (χ4v) is 4.59. The molecule has 0 aliphatic carbocycles. The van der Waals surface area contributed by atoms with Gasteiger partial charge in [0.15, 0.2) is 11.0 Å². The monoisotopic (exact) mass is 434 g/mol. The third-order valence-corrected chi connectivity index (χ3v) is 6.72. The number of amides is 1. The second-order valence-electron chi connectivity index (χ2n) is 6.74. The average Bonchev–Trinajstić information content (AvgIpc) is 3.29. The summed E-state index contributed by atoms with van der Waals surface area (Å²) in [5.74, 6) is 1.49. The minimum atomic E-state index is -0.0970. The van der Waals surface area contributed by atoms with Crippen LogP contribution in [0.25, 0.3) is 11.4 Å². The van der Waals surface area contributed by atoms with Gasteiger partial charge in [0.25, 0.3) is 0 Å². The molecule has 2 heterocycles. The van der Waals surface area contributed by atoms with Crippen LogP contribution in [0.15, 0.2) is 34.8 Å². The van der Waals surface area contributed by atoms with E-state index in [1.807, 2.05) is 19.1 Å². The van der Waals surface area contributed by atoms with E-state index in [0.717, 1.165) is 34.3 Å². The van der Waals surface area contributed by atoms with Crippen LogP contribution in [0.2, 0.25) is 5.02 Å². The van der Waals surface area contributed by atoms with E-state index in [9.17, 15) is 4.79 Å². The number of carbonyl (C=O) groups excluding carboxylic acids is 1. The van der Waals surface area contributed by atoms with Crippen LogP contribution in [-0.2, 0) is 11.3 Å². The fraction of sp³-hybridized carbons (Fsp3) is 0.350. The Balaban J connectivity index is 1.70. The van der Waals surface area contributed by atoms with Crippen molar-refractivity contribution < 1.29 is 4.79 Å². The number of anilines is 1. The fourth-order valence-electron chi connectivity index (χ4n) is 2.71. The molecule has 1 aromatic carbocycles. The highest BCUT2D eigenvalue weighted by Crippen LogP contribution is 2.31. The molecule has 0 saturated heterocycles. The number of carbonyl (C=O) groups is 1. The van der Waals surface area contributed by atoms with Gasteiger partial charge in [-0.2, -0.15) is 0 Å². The minimum absolute atomic E-state index is 0.0970. The van der Waals surface area contributed by atoms with Crippen molar-refractivity contribution in [3.8, 4) is 11.4 Å². The first kappa shape index (κ1) is 20.9. The molecule has 1 amide bonds. The molecule has 5 nitrogen and oxygen atoms in total. The van der Waals surface area contributed by atoms with Gasteiger partial charge in [-0.3, -0.25) is 4.79 Å². The molecule has 0 atom stereocenters. The Kier molecular flexibility index (Phi) is 6.80. The number of benzene rings is 1. The lowest BCUT2D eigenvalue weighted by Crippen LogP contribution is -2.15. The van der Waals surface area contributed by atoms with Gasteiger partial charge in [-0.05, 0) is 43.5 Å². The van der Waals surface area contributed by atoms with Crippen molar-refractivity contribution in [2.24, 2.45) is 0 Å². The molecule has 0 aliphatic rings. The van der Waals surface area contributed by atoms with E-state index in [4.69, 9.17) is 11.6 Å². The molecule has 1 N–H and O–H groups in total. The van der Waals surface area contributed by atoms with Gasteiger partial charge in [0.05, 0.1) is 5.75 Å². The summed E-state index contributed by atoms with van der Waals surface area (Å²) in [6.45, 7) is 9.10. The van der Waals surface area contributed by atoms with E-state index in [1.54, 1.807) is 17.4 Å². The van der Waals surface area contributed by atoms with Crippen LogP contribution < -0.4 is 5.32 Å². The van der Waals surface area contributed by atoms with Crippen molar-refractivity contribution >= 4 is 46.3 Å². The third kappa shape index (κ3) is 4.77. The van der Waals surface area contributed by atoms with Gasteiger partial charge in [0.2, 0.25) is 5.91 Å². The van der Waals surface area contributed by atoms with E-state index >= 15 is 0 Å². The first-order chi connectivity index (χ1) is 13.4. The number of rotatable bonds is 7. The van der Waals surface area contributed by atoms with Gasteiger partial charge < -0.3 is 9.88 Å². The van der Waals surface area contributed by atoms with Crippen LogP contribution in [0.4, 0.5) is 5.69 Å². The van der Waals surface area contributed by atoms with Crippen molar-refractivity contribution in [2.45, 2.75) is 45.3 Å². The van der Waals surface area contributed by atoms with E-state index < -0.39 is 0 Å². The lowest BCUT2D eigenvalue weighted by Gasteiger charge is -2.09. The first-order valence-corrected chi connectivity index (χ1v) is 11.3. The predicted molar refractivity (Wildman–Crippen MR) is 119 cm³/mol. The van der Waals surface area contributed by atoms with Gasteiger partial charge in [0, 0.05) is 33.1 Å². The van der Waals surface area contributed by atoms with E-state index in [0.29, 0.717) is 10.9 Å². The summed E-state index contributed by atoms with van der Waals surface area (Å²) < 4.78 is 2.05. The molecule has 8 heteroatoms. The summed E-state index contributed by atoms with van der Waals surface area (Å²) in [6, 6.07) is 7.63. The molecule has 0 fully saturated rings. The number of halogens is 1. The Hall–Kier alpha value is -1.83. The molecule has 148 valence electrons. The molecule has 0 unspecified atom stereocenters. The third-order valence-electron chi connectivity index (χ3n) is 4.29. The second kappa shape index (κ2) is 9.11. The molecule has 2 aromatic heterocycles.